The largest absolute Gasteiger partial charge is 0.494 e. The number of nitrogens with two attached hydrogens (primary N) is 1. The molecular formula is C14H21N3O2. The van der Waals surface area contributed by atoms with E-state index in [1.807, 2.05) is 11.8 Å². The van der Waals surface area contributed by atoms with Crippen LogP contribution in [0.3, 0.4) is 0 Å². The van der Waals surface area contributed by atoms with Crippen molar-refractivity contribution in [1.29, 1.82) is 0 Å². The van der Waals surface area contributed by atoms with E-state index in [1.54, 1.807) is 25.6 Å². The molecule has 2 rings (SSSR count). The van der Waals surface area contributed by atoms with E-state index < -0.39 is 0 Å². The van der Waals surface area contributed by atoms with Gasteiger partial charge >= 0.3 is 0 Å². The van der Waals surface area contributed by atoms with Crippen molar-refractivity contribution >= 4 is 5.91 Å². The molecule has 1 atom stereocenters. The number of carbonyl (C=O) groups is 1. The Labute approximate surface area is 113 Å². The zero-order valence-electron chi connectivity index (χ0n) is 11.5. The lowest BCUT2D eigenvalue weighted by Crippen LogP contribution is -2.42. The minimum absolute atomic E-state index is 0.0161. The van der Waals surface area contributed by atoms with Gasteiger partial charge in [-0.25, -0.2) is 0 Å². The second kappa shape index (κ2) is 6.02. The zero-order valence-corrected chi connectivity index (χ0v) is 11.5. The topological polar surface area (TPSA) is 68.5 Å². The van der Waals surface area contributed by atoms with Gasteiger partial charge < -0.3 is 15.4 Å². The predicted octanol–water partition coefficient (Wildman–Crippen LogP) is 1.29. The van der Waals surface area contributed by atoms with Crippen LogP contribution >= 0.6 is 0 Å². The first-order chi connectivity index (χ1) is 9.13. The number of aromatic nitrogens is 1. The van der Waals surface area contributed by atoms with Gasteiger partial charge in [0.05, 0.1) is 18.9 Å². The molecule has 0 bridgehead atoms. The standard InChI is InChI=1S/C14H21N3O2/c1-10(15)11-4-7-17(8-5-11)14(18)12-3-6-16-9-13(12)19-2/h3,6,9-11H,4-5,7-8,15H2,1-2H3. The van der Waals surface area contributed by atoms with Crippen LogP contribution in [0.25, 0.3) is 0 Å². The highest BCUT2D eigenvalue weighted by atomic mass is 16.5. The van der Waals surface area contributed by atoms with Crippen LogP contribution in [-0.2, 0) is 0 Å². The summed E-state index contributed by atoms with van der Waals surface area (Å²) in [6.07, 6.45) is 5.13. The van der Waals surface area contributed by atoms with Crippen LogP contribution < -0.4 is 10.5 Å². The van der Waals surface area contributed by atoms with Gasteiger partial charge in [-0.2, -0.15) is 0 Å². The van der Waals surface area contributed by atoms with E-state index in [-0.39, 0.29) is 11.9 Å². The fourth-order valence-electron chi connectivity index (χ4n) is 2.52. The molecule has 1 amide bonds. The van der Waals surface area contributed by atoms with Crippen LogP contribution in [0.15, 0.2) is 18.5 Å². The summed E-state index contributed by atoms with van der Waals surface area (Å²) in [5.74, 6) is 1.06. The van der Waals surface area contributed by atoms with E-state index in [2.05, 4.69) is 4.98 Å². The first kappa shape index (κ1) is 13.8. The molecular weight excluding hydrogens is 242 g/mol. The van der Waals surface area contributed by atoms with Gasteiger partial charge in [0, 0.05) is 25.3 Å². The normalized spacial score (nSPS) is 18.2. The minimum Gasteiger partial charge on any atom is -0.494 e. The van der Waals surface area contributed by atoms with Crippen LogP contribution in [0.4, 0.5) is 0 Å². The van der Waals surface area contributed by atoms with Crippen molar-refractivity contribution in [3.63, 3.8) is 0 Å². The average Bonchev–Trinajstić information content (AvgIpc) is 2.46. The molecule has 0 aromatic carbocycles. The maximum absolute atomic E-state index is 12.4. The SMILES string of the molecule is COc1cnccc1C(=O)N1CCC(C(C)N)CC1. The van der Waals surface area contributed by atoms with E-state index in [0.717, 1.165) is 25.9 Å². The number of ether oxygens (including phenoxy) is 1. The van der Waals surface area contributed by atoms with E-state index in [9.17, 15) is 4.79 Å². The predicted molar refractivity (Wildman–Crippen MR) is 73.1 cm³/mol. The zero-order chi connectivity index (χ0) is 13.8. The van der Waals surface area contributed by atoms with Crippen LogP contribution in [0.1, 0.15) is 30.1 Å². The van der Waals surface area contributed by atoms with Crippen molar-refractivity contribution in [2.24, 2.45) is 11.7 Å². The fourth-order valence-corrected chi connectivity index (χ4v) is 2.52. The number of hydrogen-bond donors (Lipinski definition) is 1. The van der Waals surface area contributed by atoms with Gasteiger partial charge in [-0.15, -0.1) is 0 Å². The average molecular weight is 263 g/mol. The van der Waals surface area contributed by atoms with Gasteiger partial charge in [-0.3, -0.25) is 9.78 Å². The molecule has 1 fully saturated rings. The van der Waals surface area contributed by atoms with E-state index in [1.165, 1.54) is 0 Å². The summed E-state index contributed by atoms with van der Waals surface area (Å²) in [6.45, 7) is 3.56. The first-order valence-electron chi connectivity index (χ1n) is 6.66. The molecule has 5 nitrogen and oxygen atoms in total. The Hall–Kier alpha value is -1.62. The number of piperidine rings is 1. The number of rotatable bonds is 3. The summed E-state index contributed by atoms with van der Waals surface area (Å²) in [7, 11) is 1.55. The lowest BCUT2D eigenvalue weighted by molar-refractivity contribution is 0.0677. The quantitative estimate of drug-likeness (QED) is 0.892. The Morgan fingerprint density at radius 1 is 1.53 bits per heavy atom. The molecule has 1 aliphatic heterocycles. The summed E-state index contributed by atoms with van der Waals surface area (Å²) in [4.78, 5) is 18.3. The maximum Gasteiger partial charge on any atom is 0.257 e. The molecule has 5 heteroatoms. The molecule has 0 spiro atoms. The Morgan fingerprint density at radius 2 is 2.21 bits per heavy atom. The summed E-state index contributed by atoms with van der Waals surface area (Å²) in [5, 5.41) is 0. The maximum atomic E-state index is 12.4. The molecule has 0 saturated carbocycles. The molecule has 1 aromatic heterocycles. The molecule has 19 heavy (non-hydrogen) atoms. The second-order valence-electron chi connectivity index (χ2n) is 5.06. The Bertz CT molecular complexity index is 440. The number of methoxy groups -OCH3 is 1. The van der Waals surface area contributed by atoms with Gasteiger partial charge in [0.1, 0.15) is 5.75 Å². The van der Waals surface area contributed by atoms with Crippen molar-refractivity contribution in [3.8, 4) is 5.75 Å². The van der Waals surface area contributed by atoms with Crippen LogP contribution in [-0.4, -0.2) is 42.0 Å². The van der Waals surface area contributed by atoms with Crippen molar-refractivity contribution in [2.75, 3.05) is 20.2 Å². The molecule has 0 radical (unpaired) electrons. The lowest BCUT2D eigenvalue weighted by atomic mass is 9.90. The summed E-state index contributed by atoms with van der Waals surface area (Å²) in [5.41, 5.74) is 6.49. The molecule has 2 N–H and O–H groups in total. The minimum atomic E-state index is 0.0161. The third-order valence-electron chi connectivity index (χ3n) is 3.81. The van der Waals surface area contributed by atoms with Crippen LogP contribution in [0.2, 0.25) is 0 Å². The molecule has 1 unspecified atom stereocenters. The highest BCUT2D eigenvalue weighted by Gasteiger charge is 2.26. The number of hydrogen-bond acceptors (Lipinski definition) is 4. The molecule has 104 valence electrons. The van der Waals surface area contributed by atoms with Gasteiger partial charge in [0.25, 0.3) is 5.91 Å². The number of carbonyl (C=O) groups excluding carboxylic acids is 1. The monoisotopic (exact) mass is 263 g/mol. The molecule has 2 heterocycles. The number of nitrogens with zero attached hydrogens (tertiary/aromatic N) is 2. The molecule has 1 saturated heterocycles. The van der Waals surface area contributed by atoms with Crippen LogP contribution in [0, 0.1) is 5.92 Å². The Morgan fingerprint density at radius 3 is 2.79 bits per heavy atom. The number of amides is 1. The van der Waals surface area contributed by atoms with Gasteiger partial charge in [-0.05, 0) is 31.7 Å². The van der Waals surface area contributed by atoms with Gasteiger partial charge in [0.15, 0.2) is 0 Å². The Kier molecular flexibility index (Phi) is 4.37. The summed E-state index contributed by atoms with van der Waals surface area (Å²) in [6, 6.07) is 1.91. The van der Waals surface area contributed by atoms with Crippen molar-refractivity contribution < 1.29 is 9.53 Å². The van der Waals surface area contributed by atoms with Crippen molar-refractivity contribution in [1.82, 2.24) is 9.88 Å². The van der Waals surface area contributed by atoms with E-state index in [0.29, 0.717) is 17.2 Å². The lowest BCUT2D eigenvalue weighted by Gasteiger charge is -2.33. The van der Waals surface area contributed by atoms with Gasteiger partial charge in [0.2, 0.25) is 0 Å². The van der Waals surface area contributed by atoms with E-state index in [4.69, 9.17) is 10.5 Å². The molecule has 1 aliphatic rings. The summed E-state index contributed by atoms with van der Waals surface area (Å²) < 4.78 is 5.19. The smallest absolute Gasteiger partial charge is 0.257 e. The molecule has 0 aliphatic carbocycles. The van der Waals surface area contributed by atoms with Gasteiger partial charge in [-0.1, -0.05) is 0 Å². The third-order valence-corrected chi connectivity index (χ3v) is 3.81. The highest BCUT2D eigenvalue weighted by molar-refractivity contribution is 5.96. The van der Waals surface area contributed by atoms with Crippen molar-refractivity contribution in [3.05, 3.63) is 24.0 Å². The molecule has 1 aromatic rings. The first-order valence-corrected chi connectivity index (χ1v) is 6.66. The summed E-state index contributed by atoms with van der Waals surface area (Å²) >= 11 is 0. The van der Waals surface area contributed by atoms with E-state index >= 15 is 0 Å². The third kappa shape index (κ3) is 3.04. The van der Waals surface area contributed by atoms with Crippen molar-refractivity contribution in [2.45, 2.75) is 25.8 Å². The Balaban J connectivity index is 2.05. The highest BCUT2D eigenvalue weighted by Crippen LogP contribution is 2.23. The number of pyridine rings is 1. The fraction of sp³-hybridized carbons (Fsp3) is 0.571. The van der Waals surface area contributed by atoms with Crippen LogP contribution in [0.5, 0.6) is 5.75 Å². The number of likely N-dealkylation sites (tertiary alicyclic amines) is 1. The second-order valence-corrected chi connectivity index (χ2v) is 5.06.